The summed E-state index contributed by atoms with van der Waals surface area (Å²) >= 11 is 1.63. The van der Waals surface area contributed by atoms with Crippen LogP contribution in [0.15, 0.2) is 66.3 Å². The summed E-state index contributed by atoms with van der Waals surface area (Å²) in [6, 6.07) is 16.3. The van der Waals surface area contributed by atoms with Gasteiger partial charge in [-0.15, -0.1) is 11.3 Å². The summed E-state index contributed by atoms with van der Waals surface area (Å²) in [7, 11) is 0. The highest BCUT2D eigenvalue weighted by Crippen LogP contribution is 2.42. The zero-order valence-electron chi connectivity index (χ0n) is 18.6. The van der Waals surface area contributed by atoms with Crippen LogP contribution in [0.25, 0.3) is 32.9 Å². The van der Waals surface area contributed by atoms with E-state index < -0.39 is 0 Å². The van der Waals surface area contributed by atoms with Crippen molar-refractivity contribution in [3.05, 3.63) is 77.6 Å². The van der Waals surface area contributed by atoms with E-state index >= 15 is 0 Å². The van der Waals surface area contributed by atoms with E-state index in [4.69, 9.17) is 15.7 Å². The molecule has 34 heavy (non-hydrogen) atoms. The summed E-state index contributed by atoms with van der Waals surface area (Å²) < 4.78 is 1.01. The summed E-state index contributed by atoms with van der Waals surface area (Å²) in [4.78, 5) is 14.0. The maximum absolute atomic E-state index is 6.46. The fourth-order valence-corrected chi connectivity index (χ4v) is 5.11. The first kappa shape index (κ1) is 20.9. The monoisotopic (exact) mass is 467 g/mol. The first-order valence-electron chi connectivity index (χ1n) is 11.5. The molecule has 1 aliphatic carbocycles. The molecular formula is C26H25N7S. The van der Waals surface area contributed by atoms with Crippen molar-refractivity contribution in [3.8, 4) is 22.6 Å². The third-order valence-corrected chi connectivity index (χ3v) is 7.09. The number of nitrogens with one attached hydrogen (secondary N) is 2. The Hall–Kier alpha value is -3.62. The molecule has 0 radical (unpaired) electrons. The topological polar surface area (TPSA) is 105 Å². The molecule has 0 unspecified atom stereocenters. The van der Waals surface area contributed by atoms with Crippen LogP contribution in [0.4, 0.5) is 5.82 Å². The minimum Gasteiger partial charge on any atom is -0.367 e. The van der Waals surface area contributed by atoms with Gasteiger partial charge in [-0.25, -0.2) is 9.97 Å². The van der Waals surface area contributed by atoms with Gasteiger partial charge in [-0.1, -0.05) is 30.3 Å². The first-order valence-corrected chi connectivity index (χ1v) is 12.4. The molecule has 0 saturated heterocycles. The van der Waals surface area contributed by atoms with Gasteiger partial charge in [0.25, 0.3) is 0 Å². The molecule has 0 aliphatic heterocycles. The molecule has 4 aromatic heterocycles. The molecule has 4 N–H and O–H groups in total. The Morgan fingerprint density at radius 1 is 1.09 bits per heavy atom. The van der Waals surface area contributed by atoms with Crippen LogP contribution >= 0.6 is 11.3 Å². The SMILES string of the molecule is N[C@H](CNc1nc(-c2ccncc2)nc2c(-c3cc(C4CC4)[nH]n3)csc12)Cc1ccccc1. The predicted octanol–water partition coefficient (Wildman–Crippen LogP) is 5.00. The van der Waals surface area contributed by atoms with Gasteiger partial charge in [0.1, 0.15) is 5.82 Å². The number of hydrogen-bond acceptors (Lipinski definition) is 7. The summed E-state index contributed by atoms with van der Waals surface area (Å²) in [5, 5.41) is 13.4. The van der Waals surface area contributed by atoms with Gasteiger partial charge in [-0.05, 0) is 43.0 Å². The highest BCUT2D eigenvalue weighted by molar-refractivity contribution is 7.18. The lowest BCUT2D eigenvalue weighted by Crippen LogP contribution is -2.31. The molecule has 0 spiro atoms. The Morgan fingerprint density at radius 3 is 2.71 bits per heavy atom. The van der Waals surface area contributed by atoms with E-state index in [1.807, 2.05) is 30.3 Å². The standard InChI is InChI=1S/C26H25N7S/c27-19(12-16-4-2-1-3-5-16)14-29-26-24-23(30-25(31-26)18-8-10-28-11-9-18)20(15-34-24)22-13-21(32-33-22)17-6-7-17/h1-5,8-11,13,15,17,19H,6-7,12,14,27H2,(H,32,33)(H,29,30,31)/t19-/m0/s1. The lowest BCUT2D eigenvalue weighted by Gasteiger charge is -2.14. The Kier molecular flexibility index (Phi) is 5.52. The highest BCUT2D eigenvalue weighted by Gasteiger charge is 2.26. The van der Waals surface area contributed by atoms with Crippen molar-refractivity contribution in [1.29, 1.82) is 0 Å². The molecule has 1 saturated carbocycles. The van der Waals surface area contributed by atoms with Crippen LogP contribution in [0.5, 0.6) is 0 Å². The summed E-state index contributed by atoms with van der Waals surface area (Å²) in [5.74, 6) is 2.08. The smallest absolute Gasteiger partial charge is 0.162 e. The molecule has 1 atom stereocenters. The van der Waals surface area contributed by atoms with E-state index in [0.717, 1.165) is 39.3 Å². The highest BCUT2D eigenvalue weighted by atomic mass is 32.1. The van der Waals surface area contributed by atoms with Crippen molar-refractivity contribution in [2.45, 2.75) is 31.2 Å². The van der Waals surface area contributed by atoms with Crippen molar-refractivity contribution in [3.63, 3.8) is 0 Å². The quantitative estimate of drug-likeness (QED) is 0.296. The lowest BCUT2D eigenvalue weighted by molar-refractivity contribution is 0.698. The number of nitrogens with two attached hydrogens (primary N) is 1. The van der Waals surface area contributed by atoms with Crippen molar-refractivity contribution < 1.29 is 0 Å². The molecule has 1 aliphatic rings. The summed E-state index contributed by atoms with van der Waals surface area (Å²) in [6.07, 6.45) is 6.79. The Bertz CT molecular complexity index is 1410. The number of benzene rings is 1. The average molecular weight is 468 g/mol. The van der Waals surface area contributed by atoms with E-state index in [1.54, 1.807) is 23.7 Å². The van der Waals surface area contributed by atoms with Crippen LogP contribution in [0, 0.1) is 0 Å². The van der Waals surface area contributed by atoms with Gasteiger partial charge in [0, 0.05) is 53.1 Å². The molecule has 8 heteroatoms. The first-order chi connectivity index (χ1) is 16.7. The summed E-state index contributed by atoms with van der Waals surface area (Å²) in [6.45, 7) is 0.609. The van der Waals surface area contributed by atoms with E-state index in [0.29, 0.717) is 18.3 Å². The number of hydrogen-bond donors (Lipinski definition) is 3. The van der Waals surface area contributed by atoms with Crippen LogP contribution in [0.2, 0.25) is 0 Å². The fourth-order valence-electron chi connectivity index (χ4n) is 4.14. The maximum Gasteiger partial charge on any atom is 0.162 e. The van der Waals surface area contributed by atoms with Crippen LogP contribution in [0.1, 0.15) is 30.0 Å². The second kappa shape index (κ2) is 8.96. The van der Waals surface area contributed by atoms with Gasteiger partial charge in [0.2, 0.25) is 0 Å². The van der Waals surface area contributed by atoms with Crippen molar-refractivity contribution in [1.82, 2.24) is 25.1 Å². The van der Waals surface area contributed by atoms with Gasteiger partial charge in [-0.3, -0.25) is 10.1 Å². The number of nitrogens with zero attached hydrogens (tertiary/aromatic N) is 4. The van der Waals surface area contributed by atoms with E-state index in [2.05, 4.69) is 44.1 Å². The third-order valence-electron chi connectivity index (χ3n) is 6.12. The van der Waals surface area contributed by atoms with Crippen molar-refractivity contribution in [2.75, 3.05) is 11.9 Å². The number of rotatable bonds is 8. The van der Waals surface area contributed by atoms with Gasteiger partial charge >= 0.3 is 0 Å². The Morgan fingerprint density at radius 2 is 1.91 bits per heavy atom. The van der Waals surface area contributed by atoms with Gasteiger partial charge in [-0.2, -0.15) is 5.10 Å². The van der Waals surface area contributed by atoms with Crippen LogP contribution in [-0.2, 0) is 6.42 Å². The van der Waals surface area contributed by atoms with Crippen LogP contribution in [0.3, 0.4) is 0 Å². The molecule has 1 fully saturated rings. The maximum atomic E-state index is 6.46. The number of fused-ring (bicyclic) bond motifs is 1. The number of aromatic amines is 1. The number of H-pyrrole nitrogens is 1. The minimum absolute atomic E-state index is 0.0383. The number of anilines is 1. The minimum atomic E-state index is -0.0383. The Labute approximate surface area is 201 Å². The molecule has 5 aromatic rings. The lowest BCUT2D eigenvalue weighted by atomic mass is 10.1. The predicted molar refractivity (Wildman–Crippen MR) is 137 cm³/mol. The normalized spacial score (nSPS) is 14.4. The molecule has 6 rings (SSSR count). The second-order valence-corrected chi connectivity index (χ2v) is 9.65. The average Bonchev–Trinajstić information content (AvgIpc) is 3.45. The number of pyridine rings is 1. The van der Waals surface area contributed by atoms with E-state index in [9.17, 15) is 0 Å². The largest absolute Gasteiger partial charge is 0.367 e. The zero-order valence-corrected chi connectivity index (χ0v) is 19.4. The van der Waals surface area contributed by atoms with Crippen LogP contribution in [-0.4, -0.2) is 37.7 Å². The zero-order chi connectivity index (χ0) is 22.9. The van der Waals surface area contributed by atoms with E-state index in [-0.39, 0.29) is 6.04 Å². The molecule has 4 heterocycles. The van der Waals surface area contributed by atoms with Crippen LogP contribution < -0.4 is 11.1 Å². The molecule has 0 amide bonds. The molecule has 0 bridgehead atoms. The molecule has 170 valence electrons. The molecule has 1 aromatic carbocycles. The summed E-state index contributed by atoms with van der Waals surface area (Å²) in [5.41, 5.74) is 12.7. The fraction of sp³-hybridized carbons (Fsp3) is 0.231. The third kappa shape index (κ3) is 4.30. The molecule has 7 nitrogen and oxygen atoms in total. The number of aromatic nitrogens is 5. The Balaban J connectivity index is 1.34. The van der Waals surface area contributed by atoms with E-state index in [1.165, 1.54) is 24.1 Å². The second-order valence-electron chi connectivity index (χ2n) is 8.77. The van der Waals surface area contributed by atoms with Crippen molar-refractivity contribution in [2.24, 2.45) is 5.73 Å². The molecular weight excluding hydrogens is 442 g/mol. The van der Waals surface area contributed by atoms with Gasteiger partial charge < -0.3 is 11.1 Å². The van der Waals surface area contributed by atoms with Crippen molar-refractivity contribution >= 4 is 27.4 Å². The van der Waals surface area contributed by atoms with Gasteiger partial charge in [0.15, 0.2) is 5.82 Å². The number of thiophene rings is 1. The van der Waals surface area contributed by atoms with Gasteiger partial charge in [0.05, 0.1) is 15.9 Å².